The van der Waals surface area contributed by atoms with Crippen LogP contribution in [0.25, 0.3) is 0 Å². The fraction of sp³-hybridized carbons (Fsp3) is 0.273. The fourth-order valence-corrected chi connectivity index (χ4v) is 2.01. The highest BCUT2D eigenvalue weighted by atomic mass is 32.2. The molecule has 0 aliphatic heterocycles. The van der Waals surface area contributed by atoms with Gasteiger partial charge in [-0.25, -0.2) is 13.4 Å². The molecule has 0 spiro atoms. The average Bonchev–Trinajstić information content (AvgIpc) is 2.72. The summed E-state index contributed by atoms with van der Waals surface area (Å²) in [7, 11) is -3.24. The van der Waals surface area contributed by atoms with E-state index in [0.717, 1.165) is 23.2 Å². The second-order valence-electron chi connectivity index (χ2n) is 4.03. The van der Waals surface area contributed by atoms with E-state index in [9.17, 15) is 8.42 Å². The van der Waals surface area contributed by atoms with Crippen LogP contribution in [-0.4, -0.2) is 29.9 Å². The lowest BCUT2D eigenvalue weighted by molar-refractivity contribution is 0.598. The summed E-state index contributed by atoms with van der Waals surface area (Å²) >= 11 is 0. The molecule has 96 valence electrons. The molecule has 0 unspecified atom stereocenters. The molecular weight excluding hydrogens is 252 g/mol. The first kappa shape index (κ1) is 12.6. The SMILES string of the molecule is Cc1[nH]ncc1CNc1ccc(S(C)(=O)=O)nc1. The molecule has 2 aromatic rings. The van der Waals surface area contributed by atoms with Gasteiger partial charge in [-0.3, -0.25) is 5.10 Å². The van der Waals surface area contributed by atoms with Crippen LogP contribution in [0, 0.1) is 6.92 Å². The number of hydrogen-bond acceptors (Lipinski definition) is 5. The van der Waals surface area contributed by atoms with Crippen molar-refractivity contribution >= 4 is 15.5 Å². The van der Waals surface area contributed by atoms with Gasteiger partial charge >= 0.3 is 0 Å². The molecule has 0 aromatic carbocycles. The Morgan fingerprint density at radius 1 is 1.33 bits per heavy atom. The summed E-state index contributed by atoms with van der Waals surface area (Å²) in [6.45, 7) is 2.55. The Morgan fingerprint density at radius 2 is 2.11 bits per heavy atom. The van der Waals surface area contributed by atoms with Gasteiger partial charge in [0, 0.05) is 24.1 Å². The fourth-order valence-electron chi connectivity index (χ4n) is 1.46. The summed E-state index contributed by atoms with van der Waals surface area (Å²) in [5, 5.41) is 10.00. The molecule has 0 amide bonds. The number of nitrogens with one attached hydrogen (secondary N) is 2. The number of anilines is 1. The van der Waals surface area contributed by atoms with E-state index in [0.29, 0.717) is 6.54 Å². The highest BCUT2D eigenvalue weighted by Crippen LogP contribution is 2.12. The number of rotatable bonds is 4. The second-order valence-corrected chi connectivity index (χ2v) is 5.99. The molecule has 2 N–H and O–H groups in total. The Hall–Kier alpha value is -1.89. The Bertz CT molecular complexity index is 631. The number of pyridine rings is 1. The van der Waals surface area contributed by atoms with Gasteiger partial charge in [-0.15, -0.1) is 0 Å². The standard InChI is InChI=1S/C11H14N4O2S/c1-8-9(6-14-15-8)5-12-10-3-4-11(13-7-10)18(2,16)17/h3-4,6-7,12H,5H2,1-2H3,(H,14,15). The minimum atomic E-state index is -3.24. The molecule has 0 fully saturated rings. The number of nitrogens with zero attached hydrogens (tertiary/aromatic N) is 2. The monoisotopic (exact) mass is 266 g/mol. The van der Waals surface area contributed by atoms with Crippen LogP contribution >= 0.6 is 0 Å². The van der Waals surface area contributed by atoms with Crippen molar-refractivity contribution in [1.82, 2.24) is 15.2 Å². The average molecular weight is 266 g/mol. The lowest BCUT2D eigenvalue weighted by Gasteiger charge is -2.05. The lowest BCUT2D eigenvalue weighted by Crippen LogP contribution is -2.03. The highest BCUT2D eigenvalue weighted by Gasteiger charge is 2.08. The van der Waals surface area contributed by atoms with Crippen molar-refractivity contribution in [2.45, 2.75) is 18.5 Å². The van der Waals surface area contributed by atoms with E-state index in [1.54, 1.807) is 12.3 Å². The number of H-pyrrole nitrogens is 1. The predicted molar refractivity (Wildman–Crippen MR) is 68.0 cm³/mol. The Morgan fingerprint density at radius 3 is 2.61 bits per heavy atom. The molecule has 7 heteroatoms. The summed E-state index contributed by atoms with van der Waals surface area (Å²) in [6, 6.07) is 3.18. The zero-order valence-corrected chi connectivity index (χ0v) is 11.0. The topological polar surface area (TPSA) is 87.7 Å². The van der Waals surface area contributed by atoms with Gasteiger partial charge < -0.3 is 5.32 Å². The summed E-state index contributed by atoms with van der Waals surface area (Å²) in [6.07, 6.45) is 4.39. The van der Waals surface area contributed by atoms with Crippen LogP contribution in [0.1, 0.15) is 11.3 Å². The van der Waals surface area contributed by atoms with Crippen molar-refractivity contribution < 1.29 is 8.42 Å². The van der Waals surface area contributed by atoms with Crippen LogP contribution in [0.15, 0.2) is 29.6 Å². The van der Waals surface area contributed by atoms with Gasteiger partial charge in [-0.1, -0.05) is 0 Å². The van der Waals surface area contributed by atoms with Crippen LogP contribution in [0.5, 0.6) is 0 Å². The molecular formula is C11H14N4O2S. The molecule has 0 saturated carbocycles. The normalized spacial score (nSPS) is 11.4. The molecule has 0 bridgehead atoms. The van der Waals surface area contributed by atoms with Crippen molar-refractivity contribution in [2.24, 2.45) is 0 Å². The molecule has 0 aliphatic carbocycles. The maximum absolute atomic E-state index is 11.2. The van der Waals surface area contributed by atoms with Crippen LogP contribution in [0.4, 0.5) is 5.69 Å². The van der Waals surface area contributed by atoms with Gasteiger partial charge in [0.25, 0.3) is 0 Å². The smallest absolute Gasteiger partial charge is 0.192 e. The molecule has 2 rings (SSSR count). The van der Waals surface area contributed by atoms with Gasteiger partial charge in [0.05, 0.1) is 18.1 Å². The largest absolute Gasteiger partial charge is 0.380 e. The van der Waals surface area contributed by atoms with Crippen LogP contribution in [0.2, 0.25) is 0 Å². The number of aromatic amines is 1. The maximum Gasteiger partial charge on any atom is 0.192 e. The van der Waals surface area contributed by atoms with Crippen molar-refractivity contribution in [3.05, 3.63) is 35.8 Å². The first-order chi connectivity index (χ1) is 8.47. The molecule has 2 heterocycles. The summed E-state index contributed by atoms with van der Waals surface area (Å²) in [5.74, 6) is 0. The van der Waals surface area contributed by atoms with Crippen LogP contribution in [0.3, 0.4) is 0 Å². The third-order valence-corrected chi connectivity index (χ3v) is 3.53. The minimum Gasteiger partial charge on any atom is -0.380 e. The van der Waals surface area contributed by atoms with Gasteiger partial charge in [-0.2, -0.15) is 5.10 Å². The molecule has 2 aromatic heterocycles. The van der Waals surface area contributed by atoms with Gasteiger partial charge in [0.1, 0.15) is 0 Å². The number of sulfone groups is 1. The number of aromatic nitrogens is 3. The first-order valence-electron chi connectivity index (χ1n) is 5.35. The summed E-state index contributed by atoms with van der Waals surface area (Å²) < 4.78 is 22.5. The van der Waals surface area contributed by atoms with Crippen molar-refractivity contribution in [3.63, 3.8) is 0 Å². The molecule has 6 nitrogen and oxygen atoms in total. The number of aryl methyl sites for hydroxylation is 1. The Balaban J connectivity index is 2.05. The third-order valence-electron chi connectivity index (χ3n) is 2.53. The third kappa shape index (κ3) is 2.86. The van der Waals surface area contributed by atoms with E-state index in [4.69, 9.17) is 0 Å². The van der Waals surface area contributed by atoms with Crippen molar-refractivity contribution in [1.29, 1.82) is 0 Å². The van der Waals surface area contributed by atoms with Crippen LogP contribution < -0.4 is 5.32 Å². The van der Waals surface area contributed by atoms with Crippen molar-refractivity contribution in [3.8, 4) is 0 Å². The zero-order valence-electron chi connectivity index (χ0n) is 10.1. The molecule has 18 heavy (non-hydrogen) atoms. The van der Waals surface area contributed by atoms with Crippen molar-refractivity contribution in [2.75, 3.05) is 11.6 Å². The van der Waals surface area contributed by atoms with E-state index >= 15 is 0 Å². The molecule has 0 radical (unpaired) electrons. The zero-order chi connectivity index (χ0) is 13.2. The van der Waals surface area contributed by atoms with E-state index in [2.05, 4.69) is 20.5 Å². The minimum absolute atomic E-state index is 0.0764. The van der Waals surface area contributed by atoms with E-state index in [-0.39, 0.29) is 5.03 Å². The molecule has 0 atom stereocenters. The molecule has 0 saturated heterocycles. The first-order valence-corrected chi connectivity index (χ1v) is 7.25. The summed E-state index contributed by atoms with van der Waals surface area (Å²) in [4.78, 5) is 3.90. The van der Waals surface area contributed by atoms with Crippen LogP contribution in [-0.2, 0) is 16.4 Å². The highest BCUT2D eigenvalue weighted by molar-refractivity contribution is 7.90. The van der Waals surface area contributed by atoms with E-state index < -0.39 is 9.84 Å². The summed E-state index contributed by atoms with van der Waals surface area (Å²) in [5.41, 5.74) is 2.83. The molecule has 0 aliphatic rings. The lowest BCUT2D eigenvalue weighted by atomic mass is 10.2. The Labute approximate surface area is 105 Å². The quantitative estimate of drug-likeness (QED) is 0.866. The Kier molecular flexibility index (Phi) is 3.33. The maximum atomic E-state index is 11.2. The van der Waals surface area contributed by atoms with E-state index in [1.165, 1.54) is 12.3 Å². The number of hydrogen-bond donors (Lipinski definition) is 2. The van der Waals surface area contributed by atoms with E-state index in [1.807, 2.05) is 6.92 Å². The van der Waals surface area contributed by atoms with Gasteiger partial charge in [0.2, 0.25) is 0 Å². The van der Waals surface area contributed by atoms with Gasteiger partial charge in [-0.05, 0) is 19.1 Å². The van der Waals surface area contributed by atoms with Gasteiger partial charge in [0.15, 0.2) is 14.9 Å². The second kappa shape index (κ2) is 4.77. The predicted octanol–water partition coefficient (Wildman–Crippen LogP) is 1.13.